The second-order valence-corrected chi connectivity index (χ2v) is 7.81. The van der Waals surface area contributed by atoms with Crippen LogP contribution in [0, 0.1) is 0 Å². The van der Waals surface area contributed by atoms with E-state index in [0.717, 1.165) is 30.8 Å². The van der Waals surface area contributed by atoms with Crippen LogP contribution in [-0.4, -0.2) is 58.4 Å². The molecule has 162 valence electrons. The third-order valence-electron chi connectivity index (χ3n) is 5.74. The normalized spacial score (nSPS) is 19.8. The first-order chi connectivity index (χ1) is 15.1. The van der Waals surface area contributed by atoms with E-state index in [9.17, 15) is 8.78 Å². The first kappa shape index (κ1) is 20.0. The van der Waals surface area contributed by atoms with Gasteiger partial charge >= 0.3 is 0 Å². The third-order valence-corrected chi connectivity index (χ3v) is 5.74. The van der Waals surface area contributed by atoms with Crippen molar-refractivity contribution in [1.82, 2.24) is 24.8 Å². The van der Waals surface area contributed by atoms with Gasteiger partial charge in [0.05, 0.1) is 36.0 Å². The van der Waals surface area contributed by atoms with Crippen molar-refractivity contribution < 1.29 is 13.5 Å². The number of halogens is 2. The van der Waals surface area contributed by atoms with Crippen LogP contribution >= 0.6 is 0 Å². The molecule has 2 aliphatic heterocycles. The Morgan fingerprint density at radius 2 is 2.06 bits per heavy atom. The van der Waals surface area contributed by atoms with Gasteiger partial charge in [0, 0.05) is 19.2 Å². The standard InChI is InChI=1S/C22H24F2N6O/c1-14-13-31-11-10-29(14)19-12-17(15-6-8-25-9-7-15)27-22(28-19)30-18-5-3-2-4-16(18)26-21(30)20(23)24/h2-6,12,14,20,25H,7-11,13H2,1H3/t14-/m0/s1. The Balaban J connectivity index is 1.72. The molecule has 31 heavy (non-hydrogen) atoms. The summed E-state index contributed by atoms with van der Waals surface area (Å²) in [6, 6.07) is 9.17. The fourth-order valence-electron chi connectivity index (χ4n) is 4.16. The number of aromatic nitrogens is 4. The molecule has 1 aromatic carbocycles. The Kier molecular flexibility index (Phi) is 5.37. The highest BCUT2D eigenvalue weighted by Gasteiger charge is 2.26. The van der Waals surface area contributed by atoms with Crippen molar-refractivity contribution in [2.75, 3.05) is 37.7 Å². The Morgan fingerprint density at radius 1 is 1.19 bits per heavy atom. The predicted molar refractivity (Wildman–Crippen MR) is 115 cm³/mol. The highest BCUT2D eigenvalue weighted by atomic mass is 19.3. The Labute approximate surface area is 178 Å². The van der Waals surface area contributed by atoms with Gasteiger partial charge in [0.1, 0.15) is 5.82 Å². The van der Waals surface area contributed by atoms with Gasteiger partial charge in [0.25, 0.3) is 6.43 Å². The number of para-hydroxylation sites is 2. The first-order valence-corrected chi connectivity index (χ1v) is 10.5. The number of hydrogen-bond acceptors (Lipinski definition) is 6. The number of rotatable bonds is 4. The van der Waals surface area contributed by atoms with E-state index in [1.54, 1.807) is 24.3 Å². The summed E-state index contributed by atoms with van der Waals surface area (Å²) >= 11 is 0. The van der Waals surface area contributed by atoms with E-state index in [1.807, 2.05) is 6.07 Å². The summed E-state index contributed by atoms with van der Waals surface area (Å²) in [5.74, 6) is 0.585. The second kappa shape index (κ2) is 8.32. The van der Waals surface area contributed by atoms with Crippen molar-refractivity contribution >= 4 is 22.4 Å². The minimum atomic E-state index is -2.75. The van der Waals surface area contributed by atoms with Crippen LogP contribution in [0.5, 0.6) is 0 Å². The number of nitrogens with zero attached hydrogens (tertiary/aromatic N) is 5. The van der Waals surface area contributed by atoms with Gasteiger partial charge in [-0.2, -0.15) is 4.98 Å². The molecule has 1 fully saturated rings. The molecule has 0 bridgehead atoms. The predicted octanol–water partition coefficient (Wildman–Crippen LogP) is 3.35. The van der Waals surface area contributed by atoms with Crippen molar-refractivity contribution in [3.8, 4) is 5.95 Å². The van der Waals surface area contributed by atoms with E-state index in [4.69, 9.17) is 14.7 Å². The van der Waals surface area contributed by atoms with E-state index in [-0.39, 0.29) is 17.8 Å². The zero-order valence-electron chi connectivity index (χ0n) is 17.3. The summed E-state index contributed by atoms with van der Waals surface area (Å²) in [5.41, 5.74) is 2.91. The van der Waals surface area contributed by atoms with Gasteiger partial charge in [-0.3, -0.25) is 4.57 Å². The second-order valence-electron chi connectivity index (χ2n) is 7.81. The highest BCUT2D eigenvalue weighted by Crippen LogP contribution is 2.30. The van der Waals surface area contributed by atoms with Crippen LogP contribution in [0.3, 0.4) is 0 Å². The smallest absolute Gasteiger partial charge is 0.296 e. The van der Waals surface area contributed by atoms with Gasteiger partial charge < -0.3 is 15.0 Å². The van der Waals surface area contributed by atoms with E-state index in [0.29, 0.717) is 36.6 Å². The number of hydrogen-bond donors (Lipinski definition) is 1. The third kappa shape index (κ3) is 3.79. The van der Waals surface area contributed by atoms with E-state index in [2.05, 4.69) is 28.2 Å². The average molecular weight is 426 g/mol. The summed E-state index contributed by atoms with van der Waals surface area (Å²) in [5, 5.41) is 3.30. The van der Waals surface area contributed by atoms with Gasteiger partial charge in [-0.25, -0.2) is 18.7 Å². The molecule has 2 aliphatic rings. The largest absolute Gasteiger partial charge is 0.377 e. The van der Waals surface area contributed by atoms with Gasteiger partial charge in [0.15, 0.2) is 5.82 Å². The molecule has 0 radical (unpaired) electrons. The van der Waals surface area contributed by atoms with Crippen molar-refractivity contribution in [3.63, 3.8) is 0 Å². The molecule has 0 saturated carbocycles. The fourth-order valence-corrected chi connectivity index (χ4v) is 4.16. The Hall–Kier alpha value is -2.91. The summed E-state index contributed by atoms with van der Waals surface area (Å²) in [7, 11) is 0. The zero-order valence-corrected chi connectivity index (χ0v) is 17.3. The molecule has 1 atom stereocenters. The molecule has 3 aromatic rings. The van der Waals surface area contributed by atoms with Crippen LogP contribution in [0.1, 0.15) is 31.3 Å². The van der Waals surface area contributed by atoms with E-state index in [1.165, 1.54) is 4.57 Å². The molecule has 9 heteroatoms. The van der Waals surface area contributed by atoms with Gasteiger partial charge in [0.2, 0.25) is 5.95 Å². The summed E-state index contributed by atoms with van der Waals surface area (Å²) in [6.07, 6.45) is 0.173. The molecular weight excluding hydrogens is 402 g/mol. The van der Waals surface area contributed by atoms with Crippen molar-refractivity contribution in [2.45, 2.75) is 25.8 Å². The zero-order chi connectivity index (χ0) is 21.4. The number of ether oxygens (including phenoxy) is 1. The van der Waals surface area contributed by atoms with Crippen LogP contribution in [0.2, 0.25) is 0 Å². The highest BCUT2D eigenvalue weighted by molar-refractivity contribution is 5.78. The quantitative estimate of drug-likeness (QED) is 0.690. The number of nitrogens with one attached hydrogen (secondary N) is 1. The maximum Gasteiger partial charge on any atom is 0.296 e. The Morgan fingerprint density at radius 3 is 2.84 bits per heavy atom. The molecule has 0 amide bonds. The summed E-state index contributed by atoms with van der Waals surface area (Å²) < 4.78 is 34.8. The molecule has 0 unspecified atom stereocenters. The molecule has 4 heterocycles. The van der Waals surface area contributed by atoms with Crippen LogP contribution in [-0.2, 0) is 4.74 Å². The average Bonchev–Trinajstić information content (AvgIpc) is 3.20. The maximum atomic E-state index is 13.9. The van der Waals surface area contributed by atoms with Gasteiger partial charge in [-0.1, -0.05) is 18.2 Å². The monoisotopic (exact) mass is 426 g/mol. The number of benzene rings is 1. The van der Waals surface area contributed by atoms with Gasteiger partial charge in [-0.15, -0.1) is 0 Å². The molecular formula is C22H24F2N6O. The lowest BCUT2D eigenvalue weighted by Gasteiger charge is -2.34. The lowest BCUT2D eigenvalue weighted by atomic mass is 10.1. The lowest BCUT2D eigenvalue weighted by molar-refractivity contribution is 0.0985. The van der Waals surface area contributed by atoms with Crippen LogP contribution in [0.4, 0.5) is 14.6 Å². The van der Waals surface area contributed by atoms with Crippen LogP contribution in [0.25, 0.3) is 22.6 Å². The maximum absolute atomic E-state index is 13.9. The SMILES string of the molecule is C[C@H]1COCCN1c1cc(C2=CCNCC2)nc(-n2c(C(F)F)nc3ccccc32)n1. The van der Waals surface area contributed by atoms with Crippen molar-refractivity contribution in [3.05, 3.63) is 47.9 Å². The van der Waals surface area contributed by atoms with Crippen LogP contribution < -0.4 is 10.2 Å². The van der Waals surface area contributed by atoms with E-state index < -0.39 is 6.43 Å². The number of morpholine rings is 1. The summed E-state index contributed by atoms with van der Waals surface area (Å²) in [4.78, 5) is 15.8. The van der Waals surface area contributed by atoms with Crippen molar-refractivity contribution in [1.29, 1.82) is 0 Å². The minimum absolute atomic E-state index is 0.125. The van der Waals surface area contributed by atoms with Gasteiger partial charge in [-0.05, 0) is 37.6 Å². The summed E-state index contributed by atoms with van der Waals surface area (Å²) in [6.45, 7) is 5.56. The molecule has 0 spiro atoms. The molecule has 0 aliphatic carbocycles. The topological polar surface area (TPSA) is 68.1 Å². The first-order valence-electron chi connectivity index (χ1n) is 10.5. The number of alkyl halides is 2. The van der Waals surface area contributed by atoms with E-state index >= 15 is 0 Å². The fraction of sp³-hybridized carbons (Fsp3) is 0.409. The Bertz CT molecular complexity index is 1130. The molecule has 1 N–H and O–H groups in total. The number of anilines is 1. The minimum Gasteiger partial charge on any atom is -0.377 e. The number of fused-ring (bicyclic) bond motifs is 1. The van der Waals surface area contributed by atoms with Crippen LogP contribution in [0.15, 0.2) is 36.4 Å². The molecule has 2 aromatic heterocycles. The lowest BCUT2D eigenvalue weighted by Crippen LogP contribution is -2.44. The van der Waals surface area contributed by atoms with Crippen molar-refractivity contribution in [2.24, 2.45) is 0 Å². The number of imidazole rings is 1. The molecule has 5 rings (SSSR count). The molecule has 1 saturated heterocycles. The molecule has 7 nitrogen and oxygen atoms in total.